The van der Waals surface area contributed by atoms with Crippen molar-refractivity contribution in [3.05, 3.63) is 158 Å². The van der Waals surface area contributed by atoms with E-state index in [9.17, 15) is 14.4 Å². The summed E-state index contributed by atoms with van der Waals surface area (Å²) in [5.74, 6) is -0.942. The van der Waals surface area contributed by atoms with Crippen LogP contribution in [0.15, 0.2) is 158 Å². The quantitative estimate of drug-likeness (QED) is 0.0261. The third-order valence-corrected chi connectivity index (χ3v) is 14.0. The minimum Gasteiger partial charge on any atom is -0.462 e. The number of unbranched alkanes of at least 4 members (excludes halogenated alkanes) is 23. The van der Waals surface area contributed by atoms with Crippen molar-refractivity contribution in [2.45, 2.75) is 297 Å². The van der Waals surface area contributed by atoms with E-state index in [0.717, 1.165) is 161 Å². The van der Waals surface area contributed by atoms with E-state index in [0.29, 0.717) is 12.8 Å². The molecule has 0 saturated heterocycles. The Labute approximate surface area is 511 Å². The van der Waals surface area contributed by atoms with E-state index < -0.39 is 6.10 Å². The largest absolute Gasteiger partial charge is 0.462 e. The fourth-order valence-electron chi connectivity index (χ4n) is 8.97. The van der Waals surface area contributed by atoms with Gasteiger partial charge in [-0.15, -0.1) is 0 Å². The normalized spacial score (nSPS) is 13.1. The molecule has 83 heavy (non-hydrogen) atoms. The smallest absolute Gasteiger partial charge is 0.306 e. The molecule has 6 heteroatoms. The van der Waals surface area contributed by atoms with Gasteiger partial charge in [-0.05, 0) is 148 Å². The summed E-state index contributed by atoms with van der Waals surface area (Å²) in [7, 11) is 0. The summed E-state index contributed by atoms with van der Waals surface area (Å²) in [5, 5.41) is 0. The van der Waals surface area contributed by atoms with Gasteiger partial charge in [-0.2, -0.15) is 0 Å². The molecule has 0 aliphatic rings. The van der Waals surface area contributed by atoms with Gasteiger partial charge in [0.1, 0.15) is 13.2 Å². The van der Waals surface area contributed by atoms with E-state index in [1.807, 2.05) is 0 Å². The molecular weight excluding hydrogens is 1020 g/mol. The number of hydrogen-bond donors (Lipinski definition) is 0. The molecule has 0 N–H and O–H groups in total. The first-order valence-corrected chi connectivity index (χ1v) is 34.0. The van der Waals surface area contributed by atoms with E-state index in [1.54, 1.807) is 0 Å². The first kappa shape index (κ1) is 78.0. The highest BCUT2D eigenvalue weighted by atomic mass is 16.6. The summed E-state index contributed by atoms with van der Waals surface area (Å²) in [5.41, 5.74) is 0. The Morgan fingerprint density at radius 1 is 0.253 bits per heavy atom. The Kier molecular flexibility index (Phi) is 65.4. The van der Waals surface area contributed by atoms with Crippen molar-refractivity contribution >= 4 is 17.9 Å². The SMILES string of the molecule is CC/C=C\C/C=C\C/C=C\C/C=C\C/C=C\C/C=C\C/C=C\C/C=C\CCCCCCCCC(=O)OCC(COC(=O)CCCCCCCCC/C=C\CCCCCCCC)OC(=O)CCCCCC/C=C\C/C=C\C/C=C\C/C=C\CC. The minimum atomic E-state index is -0.808. The van der Waals surface area contributed by atoms with Crippen molar-refractivity contribution < 1.29 is 28.6 Å². The fourth-order valence-corrected chi connectivity index (χ4v) is 8.97. The van der Waals surface area contributed by atoms with Crippen LogP contribution in [0.4, 0.5) is 0 Å². The summed E-state index contributed by atoms with van der Waals surface area (Å²) >= 11 is 0. The van der Waals surface area contributed by atoms with Gasteiger partial charge in [-0.1, -0.05) is 281 Å². The van der Waals surface area contributed by atoms with Crippen molar-refractivity contribution in [3.8, 4) is 0 Å². The van der Waals surface area contributed by atoms with E-state index in [2.05, 4.69) is 179 Å². The van der Waals surface area contributed by atoms with E-state index in [1.165, 1.54) is 89.9 Å². The van der Waals surface area contributed by atoms with Gasteiger partial charge in [0.2, 0.25) is 0 Å². The maximum absolute atomic E-state index is 12.9. The van der Waals surface area contributed by atoms with E-state index >= 15 is 0 Å². The zero-order valence-electron chi connectivity index (χ0n) is 53.7. The minimum absolute atomic E-state index is 0.100. The van der Waals surface area contributed by atoms with Gasteiger partial charge in [0.15, 0.2) is 6.10 Å². The molecule has 0 fully saturated rings. The molecule has 0 radical (unpaired) electrons. The zero-order chi connectivity index (χ0) is 59.9. The molecule has 0 bridgehead atoms. The number of hydrogen-bond acceptors (Lipinski definition) is 6. The van der Waals surface area contributed by atoms with Crippen LogP contribution in [-0.2, 0) is 28.6 Å². The maximum atomic E-state index is 12.9. The molecule has 0 aliphatic heterocycles. The standard InChI is InChI=1S/C77H124O6/c1-4-7-10-13-16-19-22-25-28-31-32-33-34-35-36-37-38-39-40-41-42-43-44-47-49-52-55-58-61-64-67-70-76(79)82-73-74(83-77(80)71-68-65-62-59-56-53-50-46-30-27-24-21-18-15-12-9-6-3)72-81-75(78)69-66-63-60-57-54-51-48-45-29-26-23-20-17-14-11-8-5-2/h7,9-10,12,16,18-19,21,25-30,32-33,35-36,38-39,41-42,44,47,50,53,74H,4-6,8,11,13-15,17,20,22-24,31,34,37,40,43,45-46,48-49,51-52,54-73H2,1-3H3/b10-7-,12-9-,19-16-,21-18-,28-25-,29-26-,30-27-,33-32-,36-35-,39-38-,42-41-,47-44-,53-50-. The maximum Gasteiger partial charge on any atom is 0.306 e. The van der Waals surface area contributed by atoms with Crippen LogP contribution in [0.2, 0.25) is 0 Å². The molecule has 0 amide bonds. The molecule has 1 atom stereocenters. The molecule has 0 aromatic carbocycles. The van der Waals surface area contributed by atoms with Crippen LogP contribution in [0.3, 0.4) is 0 Å². The first-order valence-electron chi connectivity index (χ1n) is 34.0. The molecule has 0 heterocycles. The predicted molar refractivity (Wildman–Crippen MR) is 362 cm³/mol. The molecule has 0 saturated carbocycles. The van der Waals surface area contributed by atoms with Crippen LogP contribution in [0.1, 0.15) is 290 Å². The second-order valence-corrected chi connectivity index (χ2v) is 22.0. The van der Waals surface area contributed by atoms with Crippen molar-refractivity contribution in [1.82, 2.24) is 0 Å². The summed E-state index contributed by atoms with van der Waals surface area (Å²) in [4.78, 5) is 38.4. The fraction of sp³-hybridized carbons (Fsp3) is 0.623. The monoisotopic (exact) mass is 1140 g/mol. The Morgan fingerprint density at radius 3 is 0.747 bits per heavy atom. The highest BCUT2D eigenvalue weighted by Crippen LogP contribution is 2.15. The lowest BCUT2D eigenvalue weighted by atomic mass is 10.1. The van der Waals surface area contributed by atoms with Crippen molar-refractivity contribution in [2.75, 3.05) is 13.2 Å². The number of rotatable bonds is 60. The van der Waals surface area contributed by atoms with Crippen LogP contribution in [-0.4, -0.2) is 37.2 Å². The van der Waals surface area contributed by atoms with Gasteiger partial charge in [0, 0.05) is 19.3 Å². The molecule has 0 aromatic heterocycles. The Balaban J connectivity index is 4.42. The van der Waals surface area contributed by atoms with Crippen molar-refractivity contribution in [3.63, 3.8) is 0 Å². The van der Waals surface area contributed by atoms with Gasteiger partial charge in [-0.25, -0.2) is 0 Å². The van der Waals surface area contributed by atoms with E-state index in [-0.39, 0.29) is 37.5 Å². The molecule has 0 spiro atoms. The highest BCUT2D eigenvalue weighted by Gasteiger charge is 2.19. The Hall–Kier alpha value is -4.97. The van der Waals surface area contributed by atoms with Gasteiger partial charge in [-0.3, -0.25) is 14.4 Å². The highest BCUT2D eigenvalue weighted by molar-refractivity contribution is 5.71. The molecule has 0 aromatic rings. The van der Waals surface area contributed by atoms with Crippen molar-refractivity contribution in [1.29, 1.82) is 0 Å². The van der Waals surface area contributed by atoms with Crippen molar-refractivity contribution in [2.24, 2.45) is 0 Å². The Morgan fingerprint density at radius 2 is 0.470 bits per heavy atom. The summed E-state index contributed by atoms with van der Waals surface area (Å²) < 4.78 is 16.9. The van der Waals surface area contributed by atoms with Gasteiger partial charge in [0.05, 0.1) is 0 Å². The third-order valence-electron chi connectivity index (χ3n) is 14.0. The number of esters is 3. The molecular formula is C77H124O6. The van der Waals surface area contributed by atoms with Crippen LogP contribution >= 0.6 is 0 Å². The lowest BCUT2D eigenvalue weighted by Crippen LogP contribution is -2.30. The molecule has 0 rings (SSSR count). The first-order chi connectivity index (χ1) is 41.0. The van der Waals surface area contributed by atoms with Crippen LogP contribution in [0.5, 0.6) is 0 Å². The average Bonchev–Trinajstić information content (AvgIpc) is 3.49. The average molecular weight is 1150 g/mol. The second-order valence-electron chi connectivity index (χ2n) is 22.0. The second kappa shape index (κ2) is 69.5. The van der Waals surface area contributed by atoms with Gasteiger partial charge in [0.25, 0.3) is 0 Å². The van der Waals surface area contributed by atoms with Gasteiger partial charge >= 0.3 is 17.9 Å². The molecule has 0 aliphatic carbocycles. The number of carbonyl (C=O) groups is 3. The molecule has 1 unspecified atom stereocenters. The molecule has 6 nitrogen and oxygen atoms in total. The summed E-state index contributed by atoms with van der Waals surface area (Å²) in [6, 6.07) is 0. The topological polar surface area (TPSA) is 78.9 Å². The van der Waals surface area contributed by atoms with E-state index in [4.69, 9.17) is 14.2 Å². The molecule has 468 valence electrons. The van der Waals surface area contributed by atoms with Crippen LogP contribution in [0, 0.1) is 0 Å². The summed E-state index contributed by atoms with van der Waals surface area (Å²) in [6.07, 6.45) is 101. The number of carbonyl (C=O) groups excluding carboxylic acids is 3. The van der Waals surface area contributed by atoms with Gasteiger partial charge < -0.3 is 14.2 Å². The van der Waals surface area contributed by atoms with Crippen LogP contribution < -0.4 is 0 Å². The number of allylic oxidation sites excluding steroid dienone is 26. The summed E-state index contributed by atoms with van der Waals surface area (Å²) in [6.45, 7) is 6.38. The number of ether oxygens (including phenoxy) is 3. The Bertz CT molecular complexity index is 1840. The zero-order valence-corrected chi connectivity index (χ0v) is 53.7. The van der Waals surface area contributed by atoms with Crippen LogP contribution in [0.25, 0.3) is 0 Å². The third kappa shape index (κ3) is 67.7. The predicted octanol–water partition coefficient (Wildman–Crippen LogP) is 23.7. The lowest BCUT2D eigenvalue weighted by Gasteiger charge is -2.18. The lowest BCUT2D eigenvalue weighted by molar-refractivity contribution is -0.167.